The van der Waals surface area contributed by atoms with Gasteiger partial charge in [-0.05, 0) is 81.3 Å². The summed E-state index contributed by atoms with van der Waals surface area (Å²) in [6.07, 6.45) is 0.887. The molecule has 0 amide bonds. The Morgan fingerprint density at radius 2 is 2.00 bits per heavy atom. The predicted octanol–water partition coefficient (Wildman–Crippen LogP) is 5.42. The van der Waals surface area contributed by atoms with Crippen molar-refractivity contribution in [3.8, 4) is 0 Å². The van der Waals surface area contributed by atoms with Crippen LogP contribution in [0.1, 0.15) is 30.5 Å². The van der Waals surface area contributed by atoms with Crippen molar-refractivity contribution in [2.75, 3.05) is 6.54 Å². The van der Waals surface area contributed by atoms with Crippen LogP contribution in [-0.2, 0) is 0 Å². The number of rotatable bonds is 5. The number of benzene rings is 2. The molecule has 2 aromatic rings. The molecule has 0 saturated heterocycles. The van der Waals surface area contributed by atoms with Gasteiger partial charge in [0, 0.05) is 9.13 Å². The topological polar surface area (TPSA) is 12.0 Å². The Hall–Kier alpha value is -0.530. The third-order valence-electron chi connectivity index (χ3n) is 3.15. The maximum absolute atomic E-state index is 14.4. The van der Waals surface area contributed by atoms with E-state index in [1.807, 2.05) is 31.2 Å². The first-order valence-electron chi connectivity index (χ1n) is 6.66. The zero-order chi connectivity index (χ0) is 15.4. The van der Waals surface area contributed by atoms with Gasteiger partial charge in [-0.2, -0.15) is 0 Å². The zero-order valence-corrected chi connectivity index (χ0v) is 15.2. The van der Waals surface area contributed by atoms with Gasteiger partial charge in [0.25, 0.3) is 0 Å². The van der Waals surface area contributed by atoms with Crippen LogP contribution < -0.4 is 5.32 Å². The molecule has 1 atom stereocenters. The summed E-state index contributed by atoms with van der Waals surface area (Å²) in [7, 11) is 0. The lowest BCUT2D eigenvalue weighted by Gasteiger charge is -2.21. The highest BCUT2D eigenvalue weighted by Crippen LogP contribution is 2.31. The minimum Gasteiger partial charge on any atom is -0.306 e. The SMILES string of the molecule is CCCNC(c1cccc(I)c1)c1c(F)ccc(Br)c1F. The molecule has 0 heterocycles. The van der Waals surface area contributed by atoms with Crippen LogP contribution >= 0.6 is 38.5 Å². The van der Waals surface area contributed by atoms with Crippen molar-refractivity contribution in [1.29, 1.82) is 0 Å². The van der Waals surface area contributed by atoms with Crippen molar-refractivity contribution in [3.63, 3.8) is 0 Å². The molecule has 1 unspecified atom stereocenters. The minimum absolute atomic E-state index is 0.0554. The summed E-state index contributed by atoms with van der Waals surface area (Å²) in [5.41, 5.74) is 0.908. The van der Waals surface area contributed by atoms with E-state index in [1.54, 1.807) is 0 Å². The predicted molar refractivity (Wildman–Crippen MR) is 93.4 cm³/mol. The molecular weight excluding hydrogens is 451 g/mol. The molecule has 2 rings (SSSR count). The first-order valence-corrected chi connectivity index (χ1v) is 8.54. The largest absolute Gasteiger partial charge is 0.306 e. The highest BCUT2D eigenvalue weighted by atomic mass is 127. The lowest BCUT2D eigenvalue weighted by molar-refractivity contribution is 0.500. The molecule has 2 aromatic carbocycles. The molecule has 112 valence electrons. The van der Waals surface area contributed by atoms with E-state index < -0.39 is 17.7 Å². The van der Waals surface area contributed by atoms with Crippen molar-refractivity contribution in [3.05, 3.63) is 67.2 Å². The molecular formula is C16H15BrF2IN. The fraction of sp³-hybridized carbons (Fsp3) is 0.250. The zero-order valence-electron chi connectivity index (χ0n) is 11.5. The van der Waals surface area contributed by atoms with E-state index in [1.165, 1.54) is 12.1 Å². The van der Waals surface area contributed by atoms with Crippen LogP contribution in [0.5, 0.6) is 0 Å². The van der Waals surface area contributed by atoms with Crippen molar-refractivity contribution in [2.45, 2.75) is 19.4 Å². The van der Waals surface area contributed by atoms with Gasteiger partial charge in [0.2, 0.25) is 0 Å². The maximum Gasteiger partial charge on any atom is 0.145 e. The molecule has 0 bridgehead atoms. The second kappa shape index (κ2) is 7.65. The van der Waals surface area contributed by atoms with Crippen LogP contribution in [0.4, 0.5) is 8.78 Å². The van der Waals surface area contributed by atoms with Crippen LogP contribution in [-0.4, -0.2) is 6.54 Å². The molecule has 1 N–H and O–H groups in total. The van der Waals surface area contributed by atoms with E-state index in [9.17, 15) is 8.78 Å². The fourth-order valence-electron chi connectivity index (χ4n) is 2.17. The Morgan fingerprint density at radius 1 is 1.24 bits per heavy atom. The first-order chi connectivity index (χ1) is 10.0. The number of hydrogen-bond acceptors (Lipinski definition) is 1. The highest BCUT2D eigenvalue weighted by molar-refractivity contribution is 14.1. The van der Waals surface area contributed by atoms with E-state index in [2.05, 4.69) is 43.8 Å². The van der Waals surface area contributed by atoms with Gasteiger partial charge in [0.15, 0.2) is 0 Å². The van der Waals surface area contributed by atoms with E-state index in [4.69, 9.17) is 0 Å². The standard InChI is InChI=1S/C16H15BrF2IN/c1-2-8-21-16(10-4-3-5-11(20)9-10)14-13(18)7-6-12(17)15(14)19/h3-7,9,16,21H,2,8H2,1H3. The Labute approximate surface area is 145 Å². The Balaban J connectivity index is 2.53. The second-order valence-corrected chi connectivity index (χ2v) is 6.80. The normalized spacial score (nSPS) is 12.4. The van der Waals surface area contributed by atoms with Gasteiger partial charge in [-0.3, -0.25) is 0 Å². The lowest BCUT2D eigenvalue weighted by Crippen LogP contribution is -2.25. The smallest absolute Gasteiger partial charge is 0.145 e. The van der Waals surface area contributed by atoms with Crippen molar-refractivity contribution in [2.24, 2.45) is 0 Å². The average molecular weight is 466 g/mol. The van der Waals surface area contributed by atoms with Gasteiger partial charge in [0.1, 0.15) is 11.6 Å². The molecule has 0 aliphatic carbocycles. The Kier molecular flexibility index (Phi) is 6.13. The number of nitrogens with one attached hydrogen (secondary N) is 1. The molecule has 21 heavy (non-hydrogen) atoms. The summed E-state index contributed by atoms with van der Waals surface area (Å²) in [5.74, 6) is -1.09. The van der Waals surface area contributed by atoms with Gasteiger partial charge < -0.3 is 5.32 Å². The van der Waals surface area contributed by atoms with Crippen LogP contribution in [0.3, 0.4) is 0 Å². The first kappa shape index (κ1) is 16.8. The maximum atomic E-state index is 14.4. The van der Waals surface area contributed by atoms with Gasteiger partial charge in [-0.15, -0.1) is 0 Å². The average Bonchev–Trinajstić information content (AvgIpc) is 2.46. The van der Waals surface area contributed by atoms with E-state index in [0.29, 0.717) is 6.54 Å². The molecule has 0 radical (unpaired) electrons. The lowest BCUT2D eigenvalue weighted by atomic mass is 9.97. The monoisotopic (exact) mass is 465 g/mol. The molecule has 0 saturated carbocycles. The number of hydrogen-bond donors (Lipinski definition) is 1. The molecule has 0 fully saturated rings. The molecule has 0 aliphatic heterocycles. The van der Waals surface area contributed by atoms with Crippen LogP contribution in [0.25, 0.3) is 0 Å². The van der Waals surface area contributed by atoms with Gasteiger partial charge in [0.05, 0.1) is 10.5 Å². The van der Waals surface area contributed by atoms with Crippen molar-refractivity contribution >= 4 is 38.5 Å². The van der Waals surface area contributed by atoms with Crippen molar-refractivity contribution < 1.29 is 8.78 Å². The Bertz CT molecular complexity index is 634. The third kappa shape index (κ3) is 4.02. The summed E-state index contributed by atoms with van der Waals surface area (Å²) in [4.78, 5) is 0. The van der Waals surface area contributed by atoms with E-state index in [0.717, 1.165) is 15.6 Å². The third-order valence-corrected chi connectivity index (χ3v) is 4.43. The summed E-state index contributed by atoms with van der Waals surface area (Å²) in [6.45, 7) is 2.70. The van der Waals surface area contributed by atoms with Gasteiger partial charge >= 0.3 is 0 Å². The van der Waals surface area contributed by atoms with E-state index in [-0.39, 0.29) is 10.0 Å². The minimum atomic E-state index is -0.553. The van der Waals surface area contributed by atoms with Crippen LogP contribution in [0.15, 0.2) is 40.9 Å². The van der Waals surface area contributed by atoms with Crippen LogP contribution in [0, 0.1) is 15.2 Å². The summed E-state index contributed by atoms with van der Waals surface area (Å²) in [6, 6.07) is 9.84. The summed E-state index contributed by atoms with van der Waals surface area (Å²) in [5, 5.41) is 3.23. The number of halogens is 4. The molecule has 1 nitrogen and oxygen atoms in total. The fourth-order valence-corrected chi connectivity index (χ4v) is 3.08. The second-order valence-electron chi connectivity index (χ2n) is 4.70. The highest BCUT2D eigenvalue weighted by Gasteiger charge is 2.23. The quantitative estimate of drug-likeness (QED) is 0.459. The molecule has 0 aliphatic rings. The van der Waals surface area contributed by atoms with Crippen LogP contribution in [0.2, 0.25) is 0 Å². The molecule has 0 spiro atoms. The molecule has 0 aromatic heterocycles. The molecule has 5 heteroatoms. The summed E-state index contributed by atoms with van der Waals surface area (Å²) < 4.78 is 29.9. The van der Waals surface area contributed by atoms with E-state index >= 15 is 0 Å². The van der Waals surface area contributed by atoms with Crippen molar-refractivity contribution in [1.82, 2.24) is 5.32 Å². The summed E-state index contributed by atoms with van der Waals surface area (Å²) >= 11 is 5.33. The van der Waals surface area contributed by atoms with Gasteiger partial charge in [-0.1, -0.05) is 19.1 Å². The van der Waals surface area contributed by atoms with Gasteiger partial charge in [-0.25, -0.2) is 8.78 Å². The Morgan fingerprint density at radius 3 is 2.67 bits per heavy atom.